The minimum Gasteiger partial charge on any atom is -0.508 e. The van der Waals surface area contributed by atoms with E-state index in [0.29, 0.717) is 44.9 Å². The number of carboxylic acids is 1. The fourth-order valence-electron chi connectivity index (χ4n) is 4.80. The van der Waals surface area contributed by atoms with Gasteiger partial charge in [0, 0.05) is 17.7 Å². The van der Waals surface area contributed by atoms with Crippen molar-refractivity contribution in [3.63, 3.8) is 0 Å². The molecular formula is C34H53N2O4P. The van der Waals surface area contributed by atoms with Crippen LogP contribution in [0.5, 0.6) is 5.75 Å². The highest BCUT2D eigenvalue weighted by Gasteiger charge is 2.39. The summed E-state index contributed by atoms with van der Waals surface area (Å²) >= 11 is 0. The van der Waals surface area contributed by atoms with Gasteiger partial charge in [-0.1, -0.05) is 104 Å². The molecule has 0 bridgehead atoms. The number of benzene rings is 2. The minimum absolute atomic E-state index is 0.157. The van der Waals surface area contributed by atoms with E-state index in [9.17, 15) is 15.0 Å². The van der Waals surface area contributed by atoms with Gasteiger partial charge in [0.2, 0.25) is 0 Å². The number of aromatic hydroxyl groups is 1. The Bertz CT molecular complexity index is 1120. The number of piperidine rings is 1. The van der Waals surface area contributed by atoms with Crippen molar-refractivity contribution in [2.45, 2.75) is 100 Å². The van der Waals surface area contributed by atoms with Gasteiger partial charge in [-0.3, -0.25) is 9.69 Å². The second kappa shape index (κ2) is 15.7. The van der Waals surface area contributed by atoms with Gasteiger partial charge in [-0.25, -0.2) is 0 Å². The molecule has 0 spiro atoms. The van der Waals surface area contributed by atoms with Crippen LogP contribution in [0.3, 0.4) is 0 Å². The lowest BCUT2D eigenvalue weighted by Crippen LogP contribution is -2.43. The van der Waals surface area contributed by atoms with Crippen LogP contribution in [-0.4, -0.2) is 39.6 Å². The van der Waals surface area contributed by atoms with E-state index in [1.54, 1.807) is 0 Å². The summed E-state index contributed by atoms with van der Waals surface area (Å²) in [6.07, 6.45) is 2.96. The largest absolute Gasteiger partial charge is 0.508 e. The number of nitrogens with zero attached hydrogens (tertiary/aromatic N) is 2. The average molecular weight is 585 g/mol. The molecule has 228 valence electrons. The normalized spacial score (nSPS) is 19.0. The topological polar surface area (TPSA) is 82.4 Å². The molecule has 2 aliphatic rings. The van der Waals surface area contributed by atoms with Crippen LogP contribution in [0.4, 0.5) is 0 Å². The first-order valence-corrected chi connectivity index (χ1v) is 16.2. The Morgan fingerprint density at radius 3 is 2.17 bits per heavy atom. The van der Waals surface area contributed by atoms with Gasteiger partial charge in [-0.15, -0.1) is 0 Å². The molecule has 7 heteroatoms. The predicted molar refractivity (Wildman–Crippen MR) is 173 cm³/mol. The van der Waals surface area contributed by atoms with E-state index in [4.69, 9.17) is 4.84 Å². The lowest BCUT2D eigenvalue weighted by molar-refractivity contribution is -0.152. The smallest absolute Gasteiger partial charge is 0.309 e. The second-order valence-corrected chi connectivity index (χ2v) is 14.3. The molecule has 0 radical (unpaired) electrons. The van der Waals surface area contributed by atoms with E-state index in [1.807, 2.05) is 39.0 Å². The molecule has 1 fully saturated rings. The van der Waals surface area contributed by atoms with E-state index in [0.717, 1.165) is 48.2 Å². The Morgan fingerprint density at radius 1 is 1.10 bits per heavy atom. The van der Waals surface area contributed by atoms with Gasteiger partial charge in [0.05, 0.1) is 5.41 Å². The zero-order valence-corrected chi connectivity index (χ0v) is 27.8. The summed E-state index contributed by atoms with van der Waals surface area (Å²) in [7, 11) is 0.378. The Kier molecular flexibility index (Phi) is 13.3. The van der Waals surface area contributed by atoms with Gasteiger partial charge in [-0.05, 0) is 75.9 Å². The summed E-state index contributed by atoms with van der Waals surface area (Å²) in [5.74, 6) is 0.00738. The molecular weight excluding hydrogens is 531 g/mol. The van der Waals surface area contributed by atoms with Gasteiger partial charge in [0.15, 0.2) is 5.85 Å². The third-order valence-electron chi connectivity index (χ3n) is 7.13. The number of oxime groups is 1. The summed E-state index contributed by atoms with van der Waals surface area (Å²) in [6.45, 7) is 21.5. The summed E-state index contributed by atoms with van der Waals surface area (Å²) in [6, 6.07) is 14.3. The average Bonchev–Trinajstić information content (AvgIpc) is 3.41. The summed E-state index contributed by atoms with van der Waals surface area (Å²) in [5, 5.41) is 24.3. The highest BCUT2D eigenvalue weighted by molar-refractivity contribution is 7.59. The van der Waals surface area contributed by atoms with Crippen LogP contribution in [0.15, 0.2) is 47.6 Å². The van der Waals surface area contributed by atoms with Crippen LogP contribution in [0.2, 0.25) is 0 Å². The van der Waals surface area contributed by atoms with Crippen LogP contribution >= 0.6 is 8.58 Å². The van der Waals surface area contributed by atoms with E-state index in [-0.39, 0.29) is 5.85 Å². The molecule has 0 saturated carbocycles. The third kappa shape index (κ3) is 10.7. The molecule has 2 unspecified atom stereocenters. The maximum Gasteiger partial charge on any atom is 0.309 e. The Labute approximate surface area is 250 Å². The predicted octanol–water partition coefficient (Wildman–Crippen LogP) is 8.82. The number of hydrogen-bond donors (Lipinski definition) is 2. The van der Waals surface area contributed by atoms with Crippen molar-refractivity contribution in [1.82, 2.24) is 4.90 Å². The Morgan fingerprint density at radius 2 is 1.68 bits per heavy atom. The number of aliphatic carboxylic acids is 1. The number of hydrogen-bond acceptors (Lipinski definition) is 5. The molecule has 2 aromatic carbocycles. The highest BCUT2D eigenvalue weighted by atomic mass is 31.1. The van der Waals surface area contributed by atoms with Crippen molar-refractivity contribution in [3.05, 3.63) is 64.7 Å². The lowest BCUT2D eigenvalue weighted by atomic mass is 9.76. The van der Waals surface area contributed by atoms with E-state index in [2.05, 4.69) is 75.9 Å². The first-order valence-electron chi connectivity index (χ1n) is 15.2. The van der Waals surface area contributed by atoms with E-state index in [1.165, 1.54) is 5.56 Å². The molecule has 2 aliphatic heterocycles. The van der Waals surface area contributed by atoms with Gasteiger partial charge >= 0.3 is 5.97 Å². The molecule has 41 heavy (non-hydrogen) atoms. The Hall–Kier alpha value is -2.43. The van der Waals surface area contributed by atoms with Crippen molar-refractivity contribution in [2.75, 3.05) is 13.1 Å². The molecule has 2 aromatic rings. The second-order valence-electron chi connectivity index (χ2n) is 13.0. The van der Waals surface area contributed by atoms with Crippen molar-refractivity contribution < 1.29 is 19.8 Å². The minimum atomic E-state index is -0.653. The molecule has 2 atom stereocenters. The maximum atomic E-state index is 11.7. The quantitative estimate of drug-likeness (QED) is 0.303. The number of phenols is 1. The highest BCUT2D eigenvalue weighted by Crippen LogP contribution is 2.45. The SMILES string of the molecule is CC.CC(C)(C)C.CCC1(C(=O)O)CCN(Cc2ccc(C3=NOC(c4ccc(CC(C)C)c(O)c4)P3)cc2)CC1. The monoisotopic (exact) mass is 584 g/mol. The molecule has 0 amide bonds. The van der Waals surface area contributed by atoms with Crippen molar-refractivity contribution in [1.29, 1.82) is 0 Å². The zero-order chi connectivity index (χ0) is 30.8. The van der Waals surface area contributed by atoms with Crippen LogP contribution in [0, 0.1) is 16.7 Å². The molecule has 4 rings (SSSR count). The van der Waals surface area contributed by atoms with E-state index >= 15 is 0 Å². The molecule has 0 aliphatic carbocycles. The molecule has 1 saturated heterocycles. The van der Waals surface area contributed by atoms with Gasteiger partial charge in [-0.2, -0.15) is 0 Å². The standard InChI is InChI=1S/C27H35N2O4P.C5H12.C2H6/c1-4-27(26(31)32)11-13-29(14-12-27)17-19-5-7-20(8-6-19)24-28-33-25(34-24)22-10-9-21(15-18(2)3)23(30)16-22;1-5(2,3)4;1-2/h5-10,16,18,25,30,34H,4,11-15,17H2,1-3H3,(H,31,32);1-4H3;1-2H3. The first kappa shape index (κ1) is 34.8. The number of carbonyl (C=O) groups is 1. The van der Waals surface area contributed by atoms with Gasteiger partial charge in [0.1, 0.15) is 11.2 Å². The van der Waals surface area contributed by atoms with Crippen LogP contribution in [0.1, 0.15) is 110 Å². The van der Waals surface area contributed by atoms with Crippen LogP contribution < -0.4 is 0 Å². The zero-order valence-electron chi connectivity index (χ0n) is 26.8. The number of rotatable bonds is 8. The van der Waals surface area contributed by atoms with Crippen molar-refractivity contribution in [3.8, 4) is 5.75 Å². The van der Waals surface area contributed by atoms with Crippen molar-refractivity contribution in [2.24, 2.45) is 21.9 Å². The fraction of sp³-hybridized carbons (Fsp3) is 0.588. The van der Waals surface area contributed by atoms with Gasteiger partial charge in [0.25, 0.3) is 0 Å². The van der Waals surface area contributed by atoms with E-state index < -0.39 is 11.4 Å². The molecule has 2 heterocycles. The Balaban J connectivity index is 0.000000759. The van der Waals surface area contributed by atoms with Crippen LogP contribution in [-0.2, 0) is 22.6 Å². The summed E-state index contributed by atoms with van der Waals surface area (Å²) in [4.78, 5) is 19.7. The number of likely N-dealkylation sites (tertiary alicyclic amines) is 1. The molecule has 2 N–H and O–H groups in total. The summed E-state index contributed by atoms with van der Waals surface area (Å²) in [5.41, 5.74) is 5.08. The van der Waals surface area contributed by atoms with Crippen molar-refractivity contribution >= 4 is 20.0 Å². The maximum absolute atomic E-state index is 11.7. The third-order valence-corrected chi connectivity index (χ3v) is 8.49. The lowest BCUT2D eigenvalue weighted by Gasteiger charge is -2.38. The molecule has 6 nitrogen and oxygen atoms in total. The fourth-order valence-corrected chi connectivity index (χ4v) is 5.94. The number of carboxylic acid groups (broad SMARTS) is 1. The molecule has 0 aromatic heterocycles. The van der Waals surface area contributed by atoms with Crippen LogP contribution in [0.25, 0.3) is 0 Å². The number of phenolic OH excluding ortho intramolecular Hbond substituents is 1. The van der Waals surface area contributed by atoms with Gasteiger partial charge < -0.3 is 15.1 Å². The first-order chi connectivity index (χ1) is 19.3. The summed E-state index contributed by atoms with van der Waals surface area (Å²) < 4.78 is 0.